The number of hydrogen-bond donors (Lipinski definition) is 1. The van der Waals surface area contributed by atoms with E-state index in [9.17, 15) is 9.90 Å². The second kappa shape index (κ2) is 7.47. The number of carbonyl (C=O) groups is 1. The Balaban J connectivity index is 2.14. The van der Waals surface area contributed by atoms with Crippen molar-refractivity contribution < 1.29 is 9.90 Å². The van der Waals surface area contributed by atoms with Crippen molar-refractivity contribution in [3.8, 4) is 0 Å². The van der Waals surface area contributed by atoms with Gasteiger partial charge in [-0.2, -0.15) is 0 Å². The molecule has 2 heteroatoms. The SMILES string of the molecule is CCCCC[C@@H](C(=O)O)[C@@H]1CC[C@@H](C)[C@@H]2CCC(C)=C[C@@H]21. The Morgan fingerprint density at radius 1 is 1.33 bits per heavy atom. The normalized spacial score (nSPS) is 34.0. The van der Waals surface area contributed by atoms with E-state index < -0.39 is 5.97 Å². The fourth-order valence-electron chi connectivity index (χ4n) is 4.69. The Morgan fingerprint density at radius 2 is 2.10 bits per heavy atom. The molecular weight excluding hydrogens is 260 g/mol. The van der Waals surface area contributed by atoms with E-state index >= 15 is 0 Å². The van der Waals surface area contributed by atoms with Crippen LogP contribution in [0.1, 0.15) is 72.1 Å². The van der Waals surface area contributed by atoms with Crippen molar-refractivity contribution in [3.05, 3.63) is 11.6 Å². The summed E-state index contributed by atoms with van der Waals surface area (Å²) in [6.07, 6.45) is 11.5. The topological polar surface area (TPSA) is 37.3 Å². The summed E-state index contributed by atoms with van der Waals surface area (Å²) >= 11 is 0. The molecule has 0 aromatic carbocycles. The van der Waals surface area contributed by atoms with Crippen molar-refractivity contribution in [2.24, 2.45) is 29.6 Å². The van der Waals surface area contributed by atoms with Crippen molar-refractivity contribution in [3.63, 3.8) is 0 Å². The van der Waals surface area contributed by atoms with E-state index in [-0.39, 0.29) is 5.92 Å². The summed E-state index contributed by atoms with van der Waals surface area (Å²) < 4.78 is 0. The zero-order chi connectivity index (χ0) is 15.4. The van der Waals surface area contributed by atoms with Crippen molar-refractivity contribution in [2.45, 2.75) is 72.1 Å². The molecule has 0 radical (unpaired) electrons. The first-order valence-corrected chi connectivity index (χ1v) is 8.94. The Hall–Kier alpha value is -0.790. The average Bonchev–Trinajstić information content (AvgIpc) is 2.44. The van der Waals surface area contributed by atoms with E-state index in [4.69, 9.17) is 0 Å². The number of aliphatic carboxylic acids is 1. The highest BCUT2D eigenvalue weighted by molar-refractivity contribution is 5.70. The van der Waals surface area contributed by atoms with Crippen LogP contribution in [-0.4, -0.2) is 11.1 Å². The summed E-state index contributed by atoms with van der Waals surface area (Å²) in [5.41, 5.74) is 1.48. The third-order valence-corrected chi connectivity index (χ3v) is 5.98. The van der Waals surface area contributed by atoms with E-state index in [0.29, 0.717) is 11.8 Å². The summed E-state index contributed by atoms with van der Waals surface area (Å²) in [5.74, 6) is 1.70. The molecule has 0 spiro atoms. The summed E-state index contributed by atoms with van der Waals surface area (Å²) in [7, 11) is 0. The average molecular weight is 292 g/mol. The molecule has 2 aliphatic rings. The van der Waals surface area contributed by atoms with E-state index in [1.165, 1.54) is 31.3 Å². The molecule has 0 bridgehead atoms. The lowest BCUT2D eigenvalue weighted by atomic mass is 9.59. The van der Waals surface area contributed by atoms with Crippen LogP contribution >= 0.6 is 0 Å². The molecule has 1 saturated carbocycles. The number of allylic oxidation sites excluding steroid dienone is 2. The van der Waals surface area contributed by atoms with Crippen LogP contribution in [0.2, 0.25) is 0 Å². The molecule has 0 heterocycles. The number of carboxylic acid groups (broad SMARTS) is 1. The quantitative estimate of drug-likeness (QED) is 0.533. The van der Waals surface area contributed by atoms with Gasteiger partial charge in [0.15, 0.2) is 0 Å². The number of rotatable bonds is 6. The summed E-state index contributed by atoms with van der Waals surface area (Å²) in [6, 6.07) is 0. The van der Waals surface area contributed by atoms with Gasteiger partial charge in [-0.15, -0.1) is 0 Å². The van der Waals surface area contributed by atoms with Gasteiger partial charge in [0.1, 0.15) is 0 Å². The fraction of sp³-hybridized carbons (Fsp3) is 0.842. The highest BCUT2D eigenvalue weighted by Crippen LogP contribution is 2.48. The van der Waals surface area contributed by atoms with Gasteiger partial charge in [-0.25, -0.2) is 0 Å². The van der Waals surface area contributed by atoms with Gasteiger partial charge in [0.25, 0.3) is 0 Å². The van der Waals surface area contributed by atoms with Gasteiger partial charge in [-0.05, 0) is 56.3 Å². The second-order valence-corrected chi connectivity index (χ2v) is 7.45. The Morgan fingerprint density at radius 3 is 2.76 bits per heavy atom. The zero-order valence-corrected chi connectivity index (χ0v) is 14.0. The lowest BCUT2D eigenvalue weighted by Gasteiger charge is -2.45. The van der Waals surface area contributed by atoms with Crippen molar-refractivity contribution in [2.75, 3.05) is 0 Å². The summed E-state index contributed by atoms with van der Waals surface area (Å²) in [6.45, 7) is 6.77. The van der Waals surface area contributed by atoms with Gasteiger partial charge in [0.05, 0.1) is 5.92 Å². The molecule has 2 rings (SSSR count). The van der Waals surface area contributed by atoms with E-state index in [1.54, 1.807) is 0 Å². The maximum atomic E-state index is 11.8. The van der Waals surface area contributed by atoms with E-state index in [1.807, 2.05) is 0 Å². The fourth-order valence-corrected chi connectivity index (χ4v) is 4.69. The Bertz CT molecular complexity index is 385. The smallest absolute Gasteiger partial charge is 0.306 e. The third kappa shape index (κ3) is 3.90. The molecule has 5 atom stereocenters. The van der Waals surface area contributed by atoms with E-state index in [0.717, 1.165) is 37.5 Å². The lowest BCUT2D eigenvalue weighted by Crippen LogP contribution is -2.40. The van der Waals surface area contributed by atoms with Crippen LogP contribution in [0.5, 0.6) is 0 Å². The number of unbranched alkanes of at least 4 members (excludes halogenated alkanes) is 2. The highest BCUT2D eigenvalue weighted by Gasteiger charge is 2.42. The molecule has 0 amide bonds. The standard InChI is InChI=1S/C19H32O2/c1-4-5-6-7-17(19(20)21)16-11-9-14(3)15-10-8-13(2)12-18(15)16/h12,14-18H,4-11H2,1-3H3,(H,20,21)/t14-,15+,16+,17-,18+/m1/s1. The van der Waals surface area contributed by atoms with Crippen molar-refractivity contribution in [1.82, 2.24) is 0 Å². The van der Waals surface area contributed by atoms with Gasteiger partial charge < -0.3 is 5.11 Å². The molecule has 0 unspecified atom stereocenters. The van der Waals surface area contributed by atoms with Crippen LogP contribution in [-0.2, 0) is 4.79 Å². The first kappa shape index (κ1) is 16.6. The molecule has 1 fully saturated rings. The molecule has 0 aromatic heterocycles. The van der Waals surface area contributed by atoms with Crippen molar-refractivity contribution in [1.29, 1.82) is 0 Å². The first-order valence-electron chi connectivity index (χ1n) is 8.94. The van der Waals surface area contributed by atoms with Crippen LogP contribution in [0.15, 0.2) is 11.6 Å². The molecule has 0 aliphatic heterocycles. The predicted octanol–water partition coefficient (Wildman–Crippen LogP) is 5.29. The number of carboxylic acids is 1. The molecule has 2 nitrogen and oxygen atoms in total. The minimum atomic E-state index is -0.555. The molecule has 21 heavy (non-hydrogen) atoms. The van der Waals surface area contributed by atoms with Gasteiger partial charge in [-0.1, -0.05) is 51.2 Å². The number of fused-ring (bicyclic) bond motifs is 1. The Labute approximate surface area is 130 Å². The summed E-state index contributed by atoms with van der Waals surface area (Å²) in [4.78, 5) is 11.8. The first-order chi connectivity index (χ1) is 10.0. The number of hydrogen-bond acceptors (Lipinski definition) is 1. The molecule has 1 N–H and O–H groups in total. The van der Waals surface area contributed by atoms with Gasteiger partial charge in [0.2, 0.25) is 0 Å². The van der Waals surface area contributed by atoms with Crippen molar-refractivity contribution >= 4 is 5.97 Å². The maximum Gasteiger partial charge on any atom is 0.306 e. The lowest BCUT2D eigenvalue weighted by molar-refractivity contribution is -0.146. The molecule has 120 valence electrons. The highest BCUT2D eigenvalue weighted by atomic mass is 16.4. The molecular formula is C19H32O2. The summed E-state index contributed by atoms with van der Waals surface area (Å²) in [5, 5.41) is 9.73. The van der Waals surface area contributed by atoms with E-state index in [2.05, 4.69) is 26.8 Å². The minimum absolute atomic E-state index is 0.126. The van der Waals surface area contributed by atoms with Gasteiger partial charge in [-0.3, -0.25) is 4.79 Å². The molecule has 0 saturated heterocycles. The van der Waals surface area contributed by atoms with Crippen LogP contribution < -0.4 is 0 Å². The monoisotopic (exact) mass is 292 g/mol. The second-order valence-electron chi connectivity index (χ2n) is 7.45. The van der Waals surface area contributed by atoms with Crippen LogP contribution in [0.25, 0.3) is 0 Å². The molecule has 2 aliphatic carbocycles. The molecule has 0 aromatic rings. The third-order valence-electron chi connectivity index (χ3n) is 5.98. The Kier molecular flexibility index (Phi) is 5.89. The van der Waals surface area contributed by atoms with Gasteiger partial charge >= 0.3 is 5.97 Å². The zero-order valence-electron chi connectivity index (χ0n) is 14.0. The van der Waals surface area contributed by atoms with Crippen LogP contribution in [0, 0.1) is 29.6 Å². The van der Waals surface area contributed by atoms with Crippen LogP contribution in [0.3, 0.4) is 0 Å². The predicted molar refractivity (Wildman–Crippen MR) is 87.1 cm³/mol. The van der Waals surface area contributed by atoms with Crippen LogP contribution in [0.4, 0.5) is 0 Å². The largest absolute Gasteiger partial charge is 0.481 e. The van der Waals surface area contributed by atoms with Gasteiger partial charge in [0, 0.05) is 0 Å². The minimum Gasteiger partial charge on any atom is -0.481 e. The maximum absolute atomic E-state index is 11.8.